The zero-order valence-electron chi connectivity index (χ0n) is 12.2. The Labute approximate surface area is 164 Å². The lowest BCUT2D eigenvalue weighted by Crippen LogP contribution is -2.13. The summed E-state index contributed by atoms with van der Waals surface area (Å²) in [5.74, 6) is 0. The van der Waals surface area contributed by atoms with Gasteiger partial charge < -0.3 is 0 Å². The third kappa shape index (κ3) is 4.04. The van der Waals surface area contributed by atoms with Gasteiger partial charge in [-0.1, -0.05) is 46.4 Å². The number of anilines is 1. The van der Waals surface area contributed by atoms with Crippen LogP contribution in [-0.2, 0) is 10.0 Å². The highest BCUT2D eigenvalue weighted by Crippen LogP contribution is 2.26. The molecule has 0 saturated carbocycles. The third-order valence-electron chi connectivity index (χ3n) is 3.21. The van der Waals surface area contributed by atoms with E-state index in [1.165, 1.54) is 24.5 Å². The predicted molar refractivity (Wildman–Crippen MR) is 101 cm³/mol. The summed E-state index contributed by atoms with van der Waals surface area (Å²) in [6.45, 7) is 0. The summed E-state index contributed by atoms with van der Waals surface area (Å²) in [6, 6.07) is 10.6. The van der Waals surface area contributed by atoms with Gasteiger partial charge in [0.15, 0.2) is 10.3 Å². The second kappa shape index (κ2) is 7.05. The number of sulfonamides is 1. The molecule has 1 heterocycles. The van der Waals surface area contributed by atoms with E-state index in [1.54, 1.807) is 28.8 Å². The van der Waals surface area contributed by atoms with E-state index in [9.17, 15) is 8.42 Å². The van der Waals surface area contributed by atoms with Gasteiger partial charge in [-0.15, -0.1) is 0 Å². The van der Waals surface area contributed by atoms with E-state index in [2.05, 4.69) is 9.71 Å². The smallest absolute Gasteiger partial charge is 0.261 e. The molecule has 0 atom stereocenters. The molecule has 5 nitrogen and oxygen atoms in total. The summed E-state index contributed by atoms with van der Waals surface area (Å²) in [5.41, 5.74) is 1.04. The molecule has 25 heavy (non-hydrogen) atoms. The second-order valence-corrected chi connectivity index (χ2v) is 8.23. The van der Waals surface area contributed by atoms with Crippen molar-refractivity contribution in [1.82, 2.24) is 9.55 Å². The van der Waals surface area contributed by atoms with E-state index >= 15 is 0 Å². The Morgan fingerprint density at radius 3 is 2.04 bits per heavy atom. The first-order valence-electron chi connectivity index (χ1n) is 6.74. The van der Waals surface area contributed by atoms with Gasteiger partial charge in [0, 0.05) is 21.4 Å². The van der Waals surface area contributed by atoms with Crippen LogP contribution in [-0.4, -0.2) is 18.0 Å². The Morgan fingerprint density at radius 2 is 1.52 bits per heavy atom. The first kappa shape index (κ1) is 18.4. The highest BCUT2D eigenvalue weighted by molar-refractivity contribution is 7.92. The minimum absolute atomic E-state index is 0.0292. The molecular weight excluding hydrogens is 428 g/mol. The molecule has 3 rings (SSSR count). The molecule has 2 aromatic carbocycles. The summed E-state index contributed by atoms with van der Waals surface area (Å²) < 4.78 is 28.9. The van der Waals surface area contributed by atoms with Crippen molar-refractivity contribution in [2.24, 2.45) is 0 Å². The van der Waals surface area contributed by atoms with E-state index in [0.29, 0.717) is 11.4 Å². The fraction of sp³-hybridized carbons (Fsp3) is 0. The monoisotopic (exact) mass is 435 g/mol. The summed E-state index contributed by atoms with van der Waals surface area (Å²) in [4.78, 5) is 3.86. The van der Waals surface area contributed by atoms with Gasteiger partial charge in [0.2, 0.25) is 0 Å². The molecule has 3 aromatic rings. The average molecular weight is 437 g/mol. The minimum atomic E-state index is -3.83. The van der Waals surface area contributed by atoms with Gasteiger partial charge >= 0.3 is 0 Å². The van der Waals surface area contributed by atoms with Crippen molar-refractivity contribution in [1.29, 1.82) is 0 Å². The average Bonchev–Trinajstić information content (AvgIpc) is 2.87. The Hall–Kier alpha value is -1.44. The number of hydrogen-bond acceptors (Lipinski definition) is 3. The van der Waals surface area contributed by atoms with Crippen LogP contribution in [0.5, 0.6) is 0 Å². The lowest BCUT2D eigenvalue weighted by molar-refractivity contribution is 0.601. The minimum Gasteiger partial charge on any atom is -0.288 e. The number of halogens is 4. The molecule has 0 bridgehead atoms. The van der Waals surface area contributed by atoms with E-state index < -0.39 is 10.0 Å². The van der Waals surface area contributed by atoms with E-state index in [1.807, 2.05) is 0 Å². The molecule has 1 aromatic heterocycles. The Balaban J connectivity index is 1.87. The molecule has 10 heteroatoms. The molecule has 0 amide bonds. The summed E-state index contributed by atoms with van der Waals surface area (Å²) in [7, 11) is -3.83. The number of aromatic nitrogens is 2. The van der Waals surface area contributed by atoms with Crippen LogP contribution in [0, 0.1) is 0 Å². The quantitative estimate of drug-likeness (QED) is 0.604. The normalized spacial score (nSPS) is 11.5. The first-order valence-corrected chi connectivity index (χ1v) is 9.73. The predicted octanol–water partition coefficient (Wildman–Crippen LogP) is 5.29. The molecule has 0 aliphatic heterocycles. The van der Waals surface area contributed by atoms with Crippen molar-refractivity contribution in [3.8, 4) is 5.69 Å². The molecule has 0 aliphatic rings. The largest absolute Gasteiger partial charge is 0.288 e. The molecule has 1 N–H and O–H groups in total. The molecule has 0 unspecified atom stereocenters. The zero-order chi connectivity index (χ0) is 18.2. The van der Waals surface area contributed by atoms with Crippen molar-refractivity contribution in [3.05, 3.63) is 69.1 Å². The van der Waals surface area contributed by atoms with Crippen LogP contribution in [0.25, 0.3) is 5.69 Å². The van der Waals surface area contributed by atoms with Crippen molar-refractivity contribution in [3.63, 3.8) is 0 Å². The molecule has 130 valence electrons. The summed E-state index contributed by atoms with van der Waals surface area (Å²) in [5, 5.41) is 0.914. The van der Waals surface area contributed by atoms with Gasteiger partial charge in [-0.2, -0.15) is 0 Å². The lowest BCUT2D eigenvalue weighted by Gasteiger charge is -2.10. The maximum absolute atomic E-state index is 12.4. The van der Waals surface area contributed by atoms with Gasteiger partial charge in [-0.05, 0) is 42.5 Å². The van der Waals surface area contributed by atoms with Crippen LogP contribution >= 0.6 is 46.4 Å². The zero-order valence-corrected chi connectivity index (χ0v) is 16.1. The van der Waals surface area contributed by atoms with Gasteiger partial charge in [0.25, 0.3) is 10.0 Å². The number of imidazole rings is 1. The van der Waals surface area contributed by atoms with Crippen LogP contribution < -0.4 is 4.72 Å². The van der Waals surface area contributed by atoms with E-state index in [0.717, 1.165) is 0 Å². The molecule has 0 radical (unpaired) electrons. The Bertz CT molecular complexity index is 1010. The van der Waals surface area contributed by atoms with Crippen LogP contribution in [0.1, 0.15) is 0 Å². The van der Waals surface area contributed by atoms with Crippen molar-refractivity contribution in [2.45, 2.75) is 4.90 Å². The van der Waals surface area contributed by atoms with E-state index in [4.69, 9.17) is 46.4 Å². The highest BCUT2D eigenvalue weighted by Gasteiger charge is 2.16. The maximum Gasteiger partial charge on any atom is 0.261 e. The molecule has 0 fully saturated rings. The Morgan fingerprint density at radius 1 is 0.920 bits per heavy atom. The maximum atomic E-state index is 12.4. The molecule has 0 spiro atoms. The van der Waals surface area contributed by atoms with Crippen LogP contribution in [0.3, 0.4) is 0 Å². The molecule has 0 aliphatic carbocycles. The number of rotatable bonds is 4. The van der Waals surface area contributed by atoms with Crippen LogP contribution in [0.2, 0.25) is 20.4 Å². The number of hydrogen-bond donors (Lipinski definition) is 1. The molecule has 0 saturated heterocycles. The highest BCUT2D eigenvalue weighted by atomic mass is 35.5. The van der Waals surface area contributed by atoms with Crippen molar-refractivity contribution >= 4 is 62.1 Å². The summed E-state index contributed by atoms with van der Waals surface area (Å²) >= 11 is 23.6. The van der Waals surface area contributed by atoms with Gasteiger partial charge in [0.05, 0.1) is 4.90 Å². The topological polar surface area (TPSA) is 64.0 Å². The number of nitrogens with one attached hydrogen (secondary N) is 1. The standard InChI is InChI=1S/C15H9Cl4N3O2S/c16-9-5-10(17)7-13(6-9)25(23,24)21-11-1-3-12(4-2-11)22-8-20-14(18)15(22)19/h1-8,21H. The second-order valence-electron chi connectivity index (χ2n) is 4.95. The van der Waals surface area contributed by atoms with Crippen molar-refractivity contribution in [2.75, 3.05) is 4.72 Å². The van der Waals surface area contributed by atoms with E-state index in [-0.39, 0.29) is 25.2 Å². The lowest BCUT2D eigenvalue weighted by atomic mass is 10.3. The number of nitrogens with zero attached hydrogens (tertiary/aromatic N) is 2. The fourth-order valence-electron chi connectivity index (χ4n) is 2.08. The van der Waals surface area contributed by atoms with Gasteiger partial charge in [-0.3, -0.25) is 9.29 Å². The SMILES string of the molecule is O=S(=O)(Nc1ccc(-n2cnc(Cl)c2Cl)cc1)c1cc(Cl)cc(Cl)c1. The Kier molecular flexibility index (Phi) is 5.18. The summed E-state index contributed by atoms with van der Waals surface area (Å²) in [6.07, 6.45) is 1.47. The van der Waals surface area contributed by atoms with Crippen molar-refractivity contribution < 1.29 is 8.42 Å². The van der Waals surface area contributed by atoms with Crippen LogP contribution in [0.15, 0.2) is 53.7 Å². The van der Waals surface area contributed by atoms with Crippen LogP contribution in [0.4, 0.5) is 5.69 Å². The number of benzene rings is 2. The molecular formula is C15H9Cl4N3O2S. The third-order valence-corrected chi connectivity index (χ3v) is 5.74. The van der Waals surface area contributed by atoms with Gasteiger partial charge in [-0.25, -0.2) is 13.4 Å². The van der Waals surface area contributed by atoms with Gasteiger partial charge in [0.1, 0.15) is 6.33 Å². The fourth-order valence-corrected chi connectivity index (χ4v) is 4.19. The first-order chi connectivity index (χ1) is 11.8.